The van der Waals surface area contributed by atoms with Gasteiger partial charge in [0.05, 0.1) is 16.5 Å². The quantitative estimate of drug-likeness (QED) is 0.806. The number of nitriles is 1. The first kappa shape index (κ1) is 15.3. The summed E-state index contributed by atoms with van der Waals surface area (Å²) in [6.45, 7) is 1.55. The predicted molar refractivity (Wildman–Crippen MR) is 75.4 cm³/mol. The summed E-state index contributed by atoms with van der Waals surface area (Å²) in [6, 6.07) is 9.72. The van der Waals surface area contributed by atoms with E-state index in [4.69, 9.17) is 20.7 Å². The highest BCUT2D eigenvalue weighted by atomic mass is 35.7. The molecule has 7 heteroatoms. The van der Waals surface area contributed by atoms with Crippen LogP contribution in [0, 0.1) is 24.1 Å². The van der Waals surface area contributed by atoms with Crippen LogP contribution in [-0.2, 0) is 9.05 Å². The summed E-state index contributed by atoms with van der Waals surface area (Å²) in [5, 5.41) is 8.66. The number of hydrogen-bond donors (Lipinski definition) is 0. The average molecular weight is 326 g/mol. The van der Waals surface area contributed by atoms with Crippen molar-refractivity contribution in [3.05, 3.63) is 53.3 Å². The van der Waals surface area contributed by atoms with Crippen LogP contribution in [0.25, 0.3) is 0 Å². The second kappa shape index (κ2) is 5.72. The van der Waals surface area contributed by atoms with E-state index in [0.717, 1.165) is 6.07 Å². The molecule has 0 bridgehead atoms. The van der Waals surface area contributed by atoms with E-state index in [1.165, 1.54) is 30.3 Å². The Hall–Kier alpha value is -2.10. The highest BCUT2D eigenvalue weighted by Gasteiger charge is 2.14. The molecule has 0 heterocycles. The van der Waals surface area contributed by atoms with E-state index in [9.17, 15) is 12.8 Å². The van der Waals surface area contributed by atoms with Crippen LogP contribution >= 0.6 is 10.7 Å². The molecule has 0 radical (unpaired) electrons. The predicted octanol–water partition coefficient (Wildman–Crippen LogP) is 3.73. The van der Waals surface area contributed by atoms with E-state index in [-0.39, 0.29) is 22.0 Å². The fourth-order valence-electron chi connectivity index (χ4n) is 1.74. The lowest BCUT2D eigenvalue weighted by Gasteiger charge is -2.09. The zero-order valence-electron chi connectivity index (χ0n) is 10.8. The summed E-state index contributed by atoms with van der Waals surface area (Å²) in [5.41, 5.74) is 0.566. The lowest BCUT2D eigenvalue weighted by molar-refractivity contribution is 0.441. The minimum absolute atomic E-state index is 0.0307. The van der Waals surface area contributed by atoms with Gasteiger partial charge in [-0.15, -0.1) is 0 Å². The Kier molecular flexibility index (Phi) is 4.16. The maximum Gasteiger partial charge on any atom is 0.261 e. The van der Waals surface area contributed by atoms with Crippen molar-refractivity contribution < 1.29 is 17.5 Å². The Morgan fingerprint density at radius 3 is 2.48 bits per heavy atom. The van der Waals surface area contributed by atoms with E-state index in [0.29, 0.717) is 5.56 Å². The highest BCUT2D eigenvalue weighted by Crippen LogP contribution is 2.29. The smallest absolute Gasteiger partial charge is 0.261 e. The molecule has 108 valence electrons. The molecule has 0 N–H and O–H groups in total. The number of rotatable bonds is 3. The largest absolute Gasteiger partial charge is 0.454 e. The maximum absolute atomic E-state index is 13.7. The first-order valence-electron chi connectivity index (χ1n) is 5.74. The van der Waals surface area contributed by atoms with Crippen molar-refractivity contribution in [1.82, 2.24) is 0 Å². The van der Waals surface area contributed by atoms with Crippen molar-refractivity contribution in [3.63, 3.8) is 0 Å². The van der Waals surface area contributed by atoms with Gasteiger partial charge in [0, 0.05) is 10.7 Å². The molecule has 0 aliphatic rings. The van der Waals surface area contributed by atoms with Crippen LogP contribution in [0.5, 0.6) is 11.5 Å². The number of aryl methyl sites for hydroxylation is 1. The van der Waals surface area contributed by atoms with Gasteiger partial charge in [-0.05, 0) is 48.9 Å². The molecule has 0 saturated carbocycles. The molecular formula is C14H9ClFNO3S. The topological polar surface area (TPSA) is 67.2 Å². The number of hydrogen-bond acceptors (Lipinski definition) is 4. The van der Waals surface area contributed by atoms with Gasteiger partial charge in [-0.25, -0.2) is 12.8 Å². The fourth-order valence-corrected chi connectivity index (χ4v) is 2.93. The number of benzene rings is 2. The Morgan fingerprint density at radius 2 is 1.95 bits per heavy atom. The van der Waals surface area contributed by atoms with E-state index in [2.05, 4.69) is 0 Å². The molecule has 0 aliphatic heterocycles. The summed E-state index contributed by atoms with van der Waals surface area (Å²) in [4.78, 5) is -0.0307. The van der Waals surface area contributed by atoms with Gasteiger partial charge < -0.3 is 4.74 Å². The van der Waals surface area contributed by atoms with Crippen LogP contribution in [0.1, 0.15) is 11.1 Å². The van der Waals surface area contributed by atoms with Gasteiger partial charge in [-0.3, -0.25) is 0 Å². The third-order valence-corrected chi connectivity index (χ3v) is 4.18. The molecule has 2 aromatic carbocycles. The maximum atomic E-state index is 13.7. The molecule has 0 fully saturated rings. The molecule has 0 aromatic heterocycles. The molecule has 2 rings (SSSR count). The third-order valence-electron chi connectivity index (χ3n) is 2.70. The molecule has 0 saturated heterocycles. The third kappa shape index (κ3) is 3.51. The average Bonchev–Trinajstić information content (AvgIpc) is 2.39. The first-order chi connectivity index (χ1) is 9.81. The van der Waals surface area contributed by atoms with Gasteiger partial charge in [0.2, 0.25) is 0 Å². The van der Waals surface area contributed by atoms with E-state index < -0.39 is 14.9 Å². The van der Waals surface area contributed by atoms with Gasteiger partial charge in [0.1, 0.15) is 5.75 Å². The lowest BCUT2D eigenvalue weighted by atomic mass is 10.2. The van der Waals surface area contributed by atoms with Crippen molar-refractivity contribution in [2.75, 3.05) is 0 Å². The molecule has 2 aromatic rings. The number of halogens is 2. The number of nitrogens with zero attached hydrogens (tertiary/aromatic N) is 1. The monoisotopic (exact) mass is 325 g/mol. The number of ether oxygens (including phenoxy) is 1. The Morgan fingerprint density at radius 1 is 1.24 bits per heavy atom. The van der Waals surface area contributed by atoms with Gasteiger partial charge in [0.15, 0.2) is 11.6 Å². The van der Waals surface area contributed by atoms with Crippen molar-refractivity contribution >= 4 is 19.7 Å². The summed E-state index contributed by atoms with van der Waals surface area (Å²) >= 11 is 0. The summed E-state index contributed by atoms with van der Waals surface area (Å²) < 4.78 is 41.6. The van der Waals surface area contributed by atoms with Crippen molar-refractivity contribution in [1.29, 1.82) is 5.26 Å². The summed E-state index contributed by atoms with van der Waals surface area (Å²) in [5.74, 6) is -0.476. The molecule has 0 amide bonds. The van der Waals surface area contributed by atoms with Gasteiger partial charge in [-0.2, -0.15) is 5.26 Å². The van der Waals surface area contributed by atoms with Crippen molar-refractivity contribution in [2.45, 2.75) is 11.8 Å². The molecule has 4 nitrogen and oxygen atoms in total. The SMILES string of the molecule is Cc1cc(Oc2ccc(C#N)cc2F)ccc1S(=O)(=O)Cl. The lowest BCUT2D eigenvalue weighted by Crippen LogP contribution is -1.96. The van der Waals surface area contributed by atoms with Crippen LogP contribution in [0.2, 0.25) is 0 Å². The normalized spacial score (nSPS) is 11.0. The van der Waals surface area contributed by atoms with E-state index in [1.807, 2.05) is 6.07 Å². The van der Waals surface area contributed by atoms with Crippen LogP contribution in [0.4, 0.5) is 4.39 Å². The second-order valence-corrected chi connectivity index (χ2v) is 6.76. The molecule has 0 unspecified atom stereocenters. The summed E-state index contributed by atoms with van der Waals surface area (Å²) in [6.07, 6.45) is 0. The van der Waals surface area contributed by atoms with Gasteiger partial charge in [-0.1, -0.05) is 0 Å². The molecule has 0 aliphatic carbocycles. The minimum Gasteiger partial charge on any atom is -0.454 e. The Labute approximate surface area is 125 Å². The highest BCUT2D eigenvalue weighted by molar-refractivity contribution is 8.13. The zero-order valence-corrected chi connectivity index (χ0v) is 12.4. The van der Waals surface area contributed by atoms with E-state index in [1.54, 1.807) is 6.92 Å². The van der Waals surface area contributed by atoms with Gasteiger partial charge >= 0.3 is 0 Å². The molecule has 0 spiro atoms. The van der Waals surface area contributed by atoms with Crippen LogP contribution in [0.15, 0.2) is 41.3 Å². The van der Waals surface area contributed by atoms with Crippen molar-refractivity contribution in [3.8, 4) is 17.6 Å². The first-order valence-corrected chi connectivity index (χ1v) is 8.05. The second-order valence-electron chi connectivity index (χ2n) is 4.22. The molecular weight excluding hydrogens is 317 g/mol. The zero-order chi connectivity index (χ0) is 15.6. The fraction of sp³-hybridized carbons (Fsp3) is 0.0714. The van der Waals surface area contributed by atoms with E-state index >= 15 is 0 Å². The Bertz CT molecular complexity index is 844. The molecule has 21 heavy (non-hydrogen) atoms. The summed E-state index contributed by atoms with van der Waals surface area (Å²) in [7, 11) is 1.44. The standard InChI is InChI=1S/C14H9ClFNO3S/c1-9-6-11(3-5-14(9)21(15,18)19)20-13-4-2-10(8-17)7-12(13)16/h2-7H,1H3. The van der Waals surface area contributed by atoms with Gasteiger partial charge in [0.25, 0.3) is 9.05 Å². The van der Waals surface area contributed by atoms with Crippen LogP contribution < -0.4 is 4.74 Å². The van der Waals surface area contributed by atoms with Crippen LogP contribution in [0.3, 0.4) is 0 Å². The Balaban J connectivity index is 2.33. The molecule has 0 atom stereocenters. The minimum atomic E-state index is -3.83. The van der Waals surface area contributed by atoms with Crippen LogP contribution in [-0.4, -0.2) is 8.42 Å². The van der Waals surface area contributed by atoms with Crippen molar-refractivity contribution in [2.24, 2.45) is 0 Å².